The van der Waals surface area contributed by atoms with E-state index in [2.05, 4.69) is 0 Å². The molecule has 0 aliphatic rings. The van der Waals surface area contributed by atoms with Crippen molar-refractivity contribution in [1.29, 1.82) is 0 Å². The average Bonchev–Trinajstić information content (AvgIpc) is 2.14. The Labute approximate surface area is 87.0 Å². The van der Waals surface area contributed by atoms with E-state index in [1.54, 1.807) is 0 Å². The molecule has 0 radical (unpaired) electrons. The zero-order valence-electron chi connectivity index (χ0n) is 9.55. The third-order valence-corrected chi connectivity index (χ3v) is 2.66. The van der Waals surface area contributed by atoms with Gasteiger partial charge in [-0.2, -0.15) is 0 Å². The Morgan fingerprint density at radius 3 is 2.07 bits per heavy atom. The van der Waals surface area contributed by atoms with Crippen LogP contribution < -0.4 is 0 Å². The van der Waals surface area contributed by atoms with E-state index in [-0.39, 0.29) is 0 Å². The normalized spacial score (nSPS) is 12.2. The number of carboxylic acids is 1. The summed E-state index contributed by atoms with van der Waals surface area (Å²) in [6.07, 6.45) is 8.00. The topological polar surface area (TPSA) is 37.3 Å². The average molecular weight is 198 g/mol. The summed E-state index contributed by atoms with van der Waals surface area (Å²) >= 11 is 0. The van der Waals surface area contributed by atoms with Gasteiger partial charge in [-0.15, -0.1) is 0 Å². The number of rotatable bonds is 7. The van der Waals surface area contributed by atoms with Crippen molar-refractivity contribution in [2.24, 2.45) is 5.41 Å². The third kappa shape index (κ3) is 3.52. The Morgan fingerprint density at radius 2 is 1.79 bits per heavy atom. The zero-order chi connectivity index (χ0) is 11.0. The summed E-state index contributed by atoms with van der Waals surface area (Å²) in [7, 11) is 0. The fourth-order valence-corrected chi connectivity index (χ4v) is 1.93. The molecule has 2 nitrogen and oxygen atoms in total. The highest BCUT2D eigenvalue weighted by Crippen LogP contribution is 2.34. The van der Waals surface area contributed by atoms with Crippen LogP contribution in [-0.4, -0.2) is 11.1 Å². The summed E-state index contributed by atoms with van der Waals surface area (Å²) in [6, 6.07) is 0. The van der Waals surface area contributed by atoms with E-state index in [9.17, 15) is 9.90 Å². The lowest BCUT2D eigenvalue weighted by Gasteiger charge is -2.27. The molecule has 0 spiro atoms. The van der Waals surface area contributed by atoms with Crippen molar-refractivity contribution < 1.29 is 9.90 Å². The quantitative estimate of drug-likeness (QED) is 0.634. The lowest BCUT2D eigenvalue weighted by Crippen LogP contribution is -2.30. The molecule has 82 valence electrons. The number of aliphatic carboxylic acids is 1. The van der Waals surface area contributed by atoms with Crippen LogP contribution in [-0.2, 0) is 4.79 Å². The predicted molar refractivity (Wildman–Crippen MR) is 59.3 cm³/mol. The molecule has 0 aliphatic carbocycles. The largest absolute Gasteiger partial charge is 0.481 e. The van der Waals surface area contributed by atoms with Crippen LogP contribution in [0.1, 0.15) is 52.9 Å². The van der Waals surface area contributed by atoms with Gasteiger partial charge in [0, 0.05) is 0 Å². The number of carbonyl (C=O) groups is 1. The Hall–Kier alpha value is -0.790. The summed E-state index contributed by atoms with van der Waals surface area (Å²) in [6.45, 7) is 6.02. The van der Waals surface area contributed by atoms with E-state index >= 15 is 0 Å². The highest BCUT2D eigenvalue weighted by Gasteiger charge is 2.35. The van der Waals surface area contributed by atoms with Crippen LogP contribution in [0.15, 0.2) is 12.2 Å². The van der Waals surface area contributed by atoms with Crippen molar-refractivity contribution in [2.75, 3.05) is 0 Å². The van der Waals surface area contributed by atoms with Crippen LogP contribution in [0.3, 0.4) is 0 Å². The Balaban J connectivity index is 4.63. The molecule has 0 aromatic carbocycles. The van der Waals surface area contributed by atoms with Gasteiger partial charge in [-0.05, 0) is 26.2 Å². The molecule has 0 atom stereocenters. The van der Waals surface area contributed by atoms with Gasteiger partial charge in [0.05, 0.1) is 5.41 Å². The molecular weight excluding hydrogens is 176 g/mol. The van der Waals surface area contributed by atoms with E-state index < -0.39 is 11.4 Å². The molecule has 14 heavy (non-hydrogen) atoms. The first-order valence-corrected chi connectivity index (χ1v) is 5.47. The van der Waals surface area contributed by atoms with Crippen LogP contribution in [0.4, 0.5) is 0 Å². The standard InChI is InChI=1S/C12H22O2/c1-4-7-10-12(8-5-2,9-6-3)11(13)14/h4,7H,5-6,8-10H2,1-3H3,(H,13,14). The van der Waals surface area contributed by atoms with Gasteiger partial charge in [-0.3, -0.25) is 4.79 Å². The molecule has 0 unspecified atom stereocenters. The van der Waals surface area contributed by atoms with Gasteiger partial charge in [0.25, 0.3) is 0 Å². The van der Waals surface area contributed by atoms with Gasteiger partial charge >= 0.3 is 5.97 Å². The lowest BCUT2D eigenvalue weighted by molar-refractivity contribution is -0.149. The first-order chi connectivity index (χ1) is 6.63. The van der Waals surface area contributed by atoms with Gasteiger partial charge in [0.1, 0.15) is 0 Å². The number of carboxylic acid groups (broad SMARTS) is 1. The van der Waals surface area contributed by atoms with E-state index in [0.29, 0.717) is 6.42 Å². The molecule has 0 aromatic heterocycles. The van der Waals surface area contributed by atoms with Crippen molar-refractivity contribution in [3.63, 3.8) is 0 Å². The second-order valence-corrected chi connectivity index (χ2v) is 3.86. The molecule has 0 amide bonds. The highest BCUT2D eigenvalue weighted by atomic mass is 16.4. The molecule has 0 bridgehead atoms. The molecule has 2 heteroatoms. The van der Waals surface area contributed by atoms with Gasteiger partial charge < -0.3 is 5.11 Å². The summed E-state index contributed by atoms with van der Waals surface area (Å²) in [4.78, 5) is 11.3. The van der Waals surface area contributed by atoms with Crippen LogP contribution in [0.2, 0.25) is 0 Å². The van der Waals surface area contributed by atoms with Crippen molar-refractivity contribution in [1.82, 2.24) is 0 Å². The van der Waals surface area contributed by atoms with Crippen molar-refractivity contribution in [3.05, 3.63) is 12.2 Å². The van der Waals surface area contributed by atoms with Gasteiger partial charge in [0.15, 0.2) is 0 Å². The second-order valence-electron chi connectivity index (χ2n) is 3.86. The van der Waals surface area contributed by atoms with E-state index in [0.717, 1.165) is 25.7 Å². The molecular formula is C12H22O2. The van der Waals surface area contributed by atoms with Crippen molar-refractivity contribution in [2.45, 2.75) is 52.9 Å². The van der Waals surface area contributed by atoms with Crippen molar-refractivity contribution >= 4 is 5.97 Å². The predicted octanol–water partition coefficient (Wildman–Crippen LogP) is 3.62. The van der Waals surface area contributed by atoms with Gasteiger partial charge in [-0.1, -0.05) is 38.8 Å². The van der Waals surface area contributed by atoms with Crippen LogP contribution in [0.5, 0.6) is 0 Å². The molecule has 1 N–H and O–H groups in total. The minimum Gasteiger partial charge on any atom is -0.481 e. The molecule has 0 aromatic rings. The number of allylic oxidation sites excluding steroid dienone is 2. The maximum absolute atomic E-state index is 11.3. The summed E-state index contributed by atoms with van der Waals surface area (Å²) in [5.74, 6) is -0.640. The Kier molecular flexibility index (Phi) is 6.26. The monoisotopic (exact) mass is 198 g/mol. The zero-order valence-corrected chi connectivity index (χ0v) is 9.55. The summed E-state index contributed by atoms with van der Waals surface area (Å²) < 4.78 is 0. The van der Waals surface area contributed by atoms with Crippen LogP contribution >= 0.6 is 0 Å². The van der Waals surface area contributed by atoms with Crippen LogP contribution in [0.25, 0.3) is 0 Å². The molecule has 0 aliphatic heterocycles. The maximum Gasteiger partial charge on any atom is 0.309 e. The lowest BCUT2D eigenvalue weighted by atomic mass is 9.76. The van der Waals surface area contributed by atoms with E-state index in [4.69, 9.17) is 0 Å². The Morgan fingerprint density at radius 1 is 1.29 bits per heavy atom. The van der Waals surface area contributed by atoms with E-state index in [1.165, 1.54) is 0 Å². The fourth-order valence-electron chi connectivity index (χ4n) is 1.93. The van der Waals surface area contributed by atoms with Gasteiger partial charge in [-0.25, -0.2) is 0 Å². The Bertz CT molecular complexity index is 188. The molecule has 0 saturated heterocycles. The third-order valence-electron chi connectivity index (χ3n) is 2.66. The molecule has 0 heterocycles. The molecule has 0 rings (SSSR count). The molecule has 0 fully saturated rings. The van der Waals surface area contributed by atoms with Crippen LogP contribution in [0, 0.1) is 5.41 Å². The second kappa shape index (κ2) is 6.63. The SMILES string of the molecule is CC=CCC(CCC)(CCC)C(=O)O. The summed E-state index contributed by atoms with van der Waals surface area (Å²) in [5.41, 5.74) is -0.518. The smallest absolute Gasteiger partial charge is 0.309 e. The minimum atomic E-state index is -0.640. The first-order valence-electron chi connectivity index (χ1n) is 5.47. The van der Waals surface area contributed by atoms with Gasteiger partial charge in [0.2, 0.25) is 0 Å². The molecule has 0 saturated carbocycles. The van der Waals surface area contributed by atoms with E-state index in [1.807, 2.05) is 32.9 Å². The highest BCUT2D eigenvalue weighted by molar-refractivity contribution is 5.74. The fraction of sp³-hybridized carbons (Fsp3) is 0.750. The first kappa shape index (κ1) is 13.2. The van der Waals surface area contributed by atoms with Crippen molar-refractivity contribution in [3.8, 4) is 0 Å². The maximum atomic E-state index is 11.3. The summed E-state index contributed by atoms with van der Waals surface area (Å²) in [5, 5.41) is 9.28. The number of hydrogen-bond acceptors (Lipinski definition) is 1. The minimum absolute atomic E-state index is 0.518. The number of hydrogen-bond donors (Lipinski definition) is 1.